The molecule has 0 spiro atoms. The number of aromatic nitrogens is 2. The lowest BCUT2D eigenvalue weighted by molar-refractivity contribution is -0.294. The Kier molecular flexibility index (Phi) is 4.32. The third-order valence-corrected chi connectivity index (χ3v) is 1.88. The summed E-state index contributed by atoms with van der Waals surface area (Å²) < 4.78 is 0. The van der Waals surface area contributed by atoms with E-state index in [1.807, 2.05) is 4.98 Å². The topological polar surface area (TPSA) is 142 Å². The molecule has 0 atom stereocenters. The third-order valence-electron chi connectivity index (χ3n) is 1.69. The van der Waals surface area contributed by atoms with E-state index in [4.69, 9.17) is 12.2 Å². The van der Waals surface area contributed by atoms with Crippen molar-refractivity contribution in [2.75, 3.05) is 5.32 Å². The molecular formula is C8H8N5O4S-. The molecule has 0 saturated heterocycles. The normalized spacial score (nSPS) is 10.8. The Balaban J connectivity index is 2.71. The van der Waals surface area contributed by atoms with Crippen molar-refractivity contribution in [1.29, 1.82) is 0 Å². The SMILES string of the molecule is C/C(=N/NC(=S)Nc1c[nH]c(=O)[nH]c1=O)C(=O)[O-]. The zero-order valence-electron chi connectivity index (χ0n) is 9.07. The maximum absolute atomic E-state index is 11.3. The van der Waals surface area contributed by atoms with Crippen molar-refractivity contribution in [3.05, 3.63) is 27.0 Å². The first-order valence-electron chi connectivity index (χ1n) is 4.55. The number of aromatic amines is 2. The number of hydrogen-bond acceptors (Lipinski definition) is 6. The fraction of sp³-hybridized carbons (Fsp3) is 0.125. The fourth-order valence-electron chi connectivity index (χ4n) is 0.833. The van der Waals surface area contributed by atoms with E-state index in [2.05, 4.69) is 20.8 Å². The Hall–Kier alpha value is -2.49. The number of carbonyl (C=O) groups is 1. The second-order valence-corrected chi connectivity index (χ2v) is 3.44. The second kappa shape index (κ2) is 5.72. The monoisotopic (exact) mass is 270 g/mol. The number of anilines is 1. The Labute approximate surface area is 105 Å². The average Bonchev–Trinajstić information content (AvgIpc) is 2.29. The van der Waals surface area contributed by atoms with Crippen LogP contribution in [0, 0.1) is 0 Å². The minimum atomic E-state index is -1.45. The molecule has 0 aromatic carbocycles. The zero-order chi connectivity index (χ0) is 13.7. The summed E-state index contributed by atoms with van der Waals surface area (Å²) in [6.45, 7) is 1.21. The van der Waals surface area contributed by atoms with Crippen LogP contribution < -0.4 is 27.1 Å². The van der Waals surface area contributed by atoms with Gasteiger partial charge in [0.1, 0.15) is 5.69 Å². The summed E-state index contributed by atoms with van der Waals surface area (Å²) in [6, 6.07) is 0. The molecule has 0 radical (unpaired) electrons. The zero-order valence-corrected chi connectivity index (χ0v) is 9.88. The van der Waals surface area contributed by atoms with Crippen molar-refractivity contribution < 1.29 is 9.90 Å². The minimum absolute atomic E-state index is 0.0200. The van der Waals surface area contributed by atoms with Gasteiger partial charge in [-0.1, -0.05) is 0 Å². The molecule has 0 aliphatic heterocycles. The number of carboxylic acids is 1. The molecule has 0 aliphatic carbocycles. The third kappa shape index (κ3) is 3.83. The predicted molar refractivity (Wildman–Crippen MR) is 65.2 cm³/mol. The maximum atomic E-state index is 11.3. The first-order chi connectivity index (χ1) is 8.40. The molecule has 1 rings (SSSR count). The molecule has 10 heteroatoms. The Morgan fingerprint density at radius 3 is 2.72 bits per heavy atom. The highest BCUT2D eigenvalue weighted by Gasteiger charge is 2.02. The molecule has 4 N–H and O–H groups in total. The van der Waals surface area contributed by atoms with E-state index in [1.54, 1.807) is 0 Å². The molecule has 0 bridgehead atoms. The molecule has 0 fully saturated rings. The Morgan fingerprint density at radius 1 is 1.50 bits per heavy atom. The van der Waals surface area contributed by atoms with Gasteiger partial charge in [0, 0.05) is 6.20 Å². The van der Waals surface area contributed by atoms with Crippen LogP contribution in [0.5, 0.6) is 0 Å². The number of hydrazone groups is 1. The first kappa shape index (κ1) is 13.6. The van der Waals surface area contributed by atoms with Crippen LogP contribution in [-0.2, 0) is 4.79 Å². The molecule has 9 nitrogen and oxygen atoms in total. The summed E-state index contributed by atoms with van der Waals surface area (Å²) >= 11 is 4.75. The molecule has 18 heavy (non-hydrogen) atoms. The number of carboxylic acid groups (broad SMARTS) is 1. The largest absolute Gasteiger partial charge is 0.543 e. The van der Waals surface area contributed by atoms with E-state index in [1.165, 1.54) is 6.92 Å². The molecule has 1 aromatic rings. The summed E-state index contributed by atoms with van der Waals surface area (Å²) in [5.74, 6) is -1.45. The summed E-state index contributed by atoms with van der Waals surface area (Å²) in [4.78, 5) is 36.5. The molecule has 0 saturated carbocycles. The van der Waals surface area contributed by atoms with Gasteiger partial charge in [-0.15, -0.1) is 0 Å². The van der Waals surface area contributed by atoms with Crippen LogP contribution in [0.25, 0.3) is 0 Å². The van der Waals surface area contributed by atoms with Crippen LogP contribution in [-0.4, -0.2) is 26.8 Å². The number of hydrogen-bond donors (Lipinski definition) is 4. The molecule has 1 aromatic heterocycles. The number of rotatable bonds is 3. The molecule has 1 heterocycles. The summed E-state index contributed by atoms with van der Waals surface area (Å²) in [7, 11) is 0. The quantitative estimate of drug-likeness (QED) is 0.269. The van der Waals surface area contributed by atoms with E-state index in [9.17, 15) is 19.5 Å². The minimum Gasteiger partial charge on any atom is -0.543 e. The van der Waals surface area contributed by atoms with E-state index in [0.717, 1.165) is 6.20 Å². The number of aliphatic carboxylic acids is 1. The highest BCUT2D eigenvalue weighted by Crippen LogP contribution is 1.91. The molecule has 0 aliphatic rings. The van der Waals surface area contributed by atoms with Crippen molar-refractivity contribution in [2.24, 2.45) is 5.10 Å². The van der Waals surface area contributed by atoms with Gasteiger partial charge in [-0.25, -0.2) is 4.79 Å². The smallest absolute Gasteiger partial charge is 0.325 e. The van der Waals surface area contributed by atoms with Gasteiger partial charge in [-0.05, 0) is 19.1 Å². The van der Waals surface area contributed by atoms with Crippen molar-refractivity contribution in [1.82, 2.24) is 15.4 Å². The lowest BCUT2D eigenvalue weighted by Crippen LogP contribution is -2.34. The highest BCUT2D eigenvalue weighted by atomic mass is 32.1. The fourth-order valence-corrected chi connectivity index (χ4v) is 0.989. The highest BCUT2D eigenvalue weighted by molar-refractivity contribution is 7.80. The van der Waals surface area contributed by atoms with Crippen molar-refractivity contribution in [3.8, 4) is 0 Å². The Bertz CT molecular complexity index is 616. The van der Waals surface area contributed by atoms with E-state index in [-0.39, 0.29) is 16.5 Å². The van der Waals surface area contributed by atoms with Gasteiger partial charge in [-0.2, -0.15) is 5.10 Å². The van der Waals surface area contributed by atoms with Crippen molar-refractivity contribution in [2.45, 2.75) is 6.92 Å². The van der Waals surface area contributed by atoms with Crippen LogP contribution in [0.1, 0.15) is 6.92 Å². The van der Waals surface area contributed by atoms with Crippen LogP contribution in [0.4, 0.5) is 5.69 Å². The van der Waals surface area contributed by atoms with E-state index < -0.39 is 17.2 Å². The van der Waals surface area contributed by atoms with Gasteiger partial charge in [-0.3, -0.25) is 15.2 Å². The number of H-pyrrole nitrogens is 2. The van der Waals surface area contributed by atoms with Gasteiger partial charge in [0.25, 0.3) is 5.56 Å². The number of nitrogens with zero attached hydrogens (tertiary/aromatic N) is 1. The van der Waals surface area contributed by atoms with E-state index in [0.29, 0.717) is 0 Å². The van der Waals surface area contributed by atoms with Crippen LogP contribution in [0.2, 0.25) is 0 Å². The molecular weight excluding hydrogens is 262 g/mol. The van der Waals surface area contributed by atoms with Gasteiger partial charge in [0.15, 0.2) is 5.11 Å². The second-order valence-electron chi connectivity index (χ2n) is 3.04. The van der Waals surface area contributed by atoms with Crippen LogP contribution in [0.3, 0.4) is 0 Å². The maximum Gasteiger partial charge on any atom is 0.325 e. The number of thiocarbonyl (C=S) groups is 1. The standard InChI is InChI=1S/C8H9N5O4S/c1-3(6(15)16)12-13-8(18)10-4-2-9-7(17)11-5(4)14/h2H,1H3,(H,15,16)(H2,10,13,18)(H2,9,11,14,17)/p-1/b12-3-. The number of carbonyl (C=O) groups excluding carboxylic acids is 1. The lowest BCUT2D eigenvalue weighted by atomic mass is 10.4. The number of nitrogens with one attached hydrogen (secondary N) is 4. The first-order valence-corrected chi connectivity index (χ1v) is 4.95. The van der Waals surface area contributed by atoms with Crippen LogP contribution in [0.15, 0.2) is 20.9 Å². The van der Waals surface area contributed by atoms with Gasteiger partial charge in [0.2, 0.25) is 0 Å². The molecule has 0 unspecified atom stereocenters. The molecule has 96 valence electrons. The predicted octanol–water partition coefficient (Wildman–Crippen LogP) is -2.52. The van der Waals surface area contributed by atoms with Gasteiger partial charge >= 0.3 is 5.69 Å². The molecule has 0 amide bonds. The van der Waals surface area contributed by atoms with Crippen LogP contribution >= 0.6 is 12.2 Å². The summed E-state index contributed by atoms with van der Waals surface area (Å²) in [6.07, 6.45) is 1.12. The van der Waals surface area contributed by atoms with Crippen molar-refractivity contribution >= 4 is 34.7 Å². The summed E-state index contributed by atoms with van der Waals surface area (Å²) in [5, 5.41) is 16.0. The van der Waals surface area contributed by atoms with E-state index >= 15 is 0 Å². The average molecular weight is 270 g/mol. The van der Waals surface area contributed by atoms with Crippen molar-refractivity contribution in [3.63, 3.8) is 0 Å². The van der Waals surface area contributed by atoms with Gasteiger partial charge in [0.05, 0.1) is 11.7 Å². The Morgan fingerprint density at radius 2 is 2.17 bits per heavy atom. The van der Waals surface area contributed by atoms with Gasteiger partial charge < -0.3 is 20.2 Å². The summed E-state index contributed by atoms with van der Waals surface area (Å²) in [5.41, 5.74) is 0.532. The lowest BCUT2D eigenvalue weighted by Gasteiger charge is -2.06.